The minimum absolute atomic E-state index is 0.836. The molecule has 0 aromatic heterocycles. The molecule has 1 rings (SSSR count). The molecule has 0 atom stereocenters. The van der Waals surface area contributed by atoms with Crippen LogP contribution in [0.3, 0.4) is 0 Å². The van der Waals surface area contributed by atoms with Crippen molar-refractivity contribution in [2.75, 3.05) is 0 Å². The van der Waals surface area contributed by atoms with E-state index >= 15 is 0 Å². The summed E-state index contributed by atoms with van der Waals surface area (Å²) in [5.41, 5.74) is 0. The molecule has 0 nitrogen and oxygen atoms in total. The average molecular weight is 167 g/mol. The van der Waals surface area contributed by atoms with Gasteiger partial charge in [0.05, 0.1) is 0 Å². The van der Waals surface area contributed by atoms with Crippen LogP contribution in [0.2, 0.25) is 0 Å². The minimum atomic E-state index is 0.836. The van der Waals surface area contributed by atoms with E-state index < -0.39 is 0 Å². The van der Waals surface area contributed by atoms with Gasteiger partial charge < -0.3 is 0 Å². The van der Waals surface area contributed by atoms with E-state index in [0.717, 1.165) is 5.92 Å². The van der Waals surface area contributed by atoms with Gasteiger partial charge in [0.25, 0.3) is 0 Å². The van der Waals surface area contributed by atoms with E-state index in [9.17, 15) is 0 Å². The van der Waals surface area contributed by atoms with Crippen molar-refractivity contribution in [1.29, 1.82) is 0 Å². The van der Waals surface area contributed by atoms with Gasteiger partial charge in [-0.2, -0.15) is 0 Å². The summed E-state index contributed by atoms with van der Waals surface area (Å²) in [5, 5.41) is 0. The molecule has 0 saturated heterocycles. The van der Waals surface area contributed by atoms with Crippen LogP contribution in [-0.2, 0) is 0 Å². The van der Waals surface area contributed by atoms with Crippen molar-refractivity contribution >= 4 is 0 Å². The molecule has 71 valence electrons. The molecule has 1 aliphatic carbocycles. The zero-order valence-electron chi connectivity index (χ0n) is 8.73. The second kappa shape index (κ2) is 5.61. The van der Waals surface area contributed by atoms with Crippen molar-refractivity contribution in [2.45, 2.75) is 65.2 Å². The summed E-state index contributed by atoms with van der Waals surface area (Å²) in [5.74, 6) is 2.67. The second-order valence-electron chi connectivity index (χ2n) is 4.43. The van der Waals surface area contributed by atoms with Crippen LogP contribution in [0.1, 0.15) is 65.2 Å². The third-order valence-corrected chi connectivity index (χ3v) is 3.06. The van der Waals surface area contributed by atoms with E-state index in [0.29, 0.717) is 0 Å². The molecule has 1 radical (unpaired) electrons. The standard InChI is InChI=1S/C12H23/c1-11(2)12-9-7-5-3-4-6-8-10-12/h11H,3-10H2,1-2H3. The highest BCUT2D eigenvalue weighted by Gasteiger charge is 2.14. The van der Waals surface area contributed by atoms with Crippen LogP contribution < -0.4 is 0 Å². The lowest BCUT2D eigenvalue weighted by atomic mass is 9.87. The van der Waals surface area contributed by atoms with Crippen molar-refractivity contribution in [3.63, 3.8) is 0 Å². The van der Waals surface area contributed by atoms with E-state index in [4.69, 9.17) is 0 Å². The summed E-state index contributed by atoms with van der Waals surface area (Å²) in [4.78, 5) is 0. The molecular weight excluding hydrogens is 144 g/mol. The Morgan fingerprint density at radius 1 is 0.750 bits per heavy atom. The molecule has 0 unspecified atom stereocenters. The molecule has 0 amide bonds. The Labute approximate surface area is 77.7 Å². The Bertz CT molecular complexity index is 94.6. The first-order chi connectivity index (χ1) is 5.80. The maximum Gasteiger partial charge on any atom is -0.0215 e. The Morgan fingerprint density at radius 3 is 1.58 bits per heavy atom. The monoisotopic (exact) mass is 167 g/mol. The molecule has 0 bridgehead atoms. The molecule has 0 heterocycles. The van der Waals surface area contributed by atoms with E-state index in [1.165, 1.54) is 51.4 Å². The fourth-order valence-electron chi connectivity index (χ4n) is 2.11. The van der Waals surface area contributed by atoms with Crippen molar-refractivity contribution in [3.05, 3.63) is 5.92 Å². The van der Waals surface area contributed by atoms with Gasteiger partial charge >= 0.3 is 0 Å². The predicted octanol–water partition coefficient (Wildman–Crippen LogP) is 4.35. The lowest BCUT2D eigenvalue weighted by molar-refractivity contribution is 0.526. The summed E-state index contributed by atoms with van der Waals surface area (Å²) in [6, 6.07) is 0. The Balaban J connectivity index is 2.28. The van der Waals surface area contributed by atoms with E-state index in [1.54, 1.807) is 0 Å². The molecule has 0 aliphatic heterocycles. The topological polar surface area (TPSA) is 0 Å². The lowest BCUT2D eigenvalue weighted by Gasteiger charge is -2.18. The van der Waals surface area contributed by atoms with Gasteiger partial charge in [-0.25, -0.2) is 0 Å². The zero-order valence-corrected chi connectivity index (χ0v) is 8.73. The molecule has 1 saturated carbocycles. The normalized spacial score (nSPS) is 23.2. The molecule has 12 heavy (non-hydrogen) atoms. The first-order valence-corrected chi connectivity index (χ1v) is 5.65. The van der Waals surface area contributed by atoms with Gasteiger partial charge in [-0.1, -0.05) is 52.4 Å². The molecular formula is C12H23. The Kier molecular flexibility index (Phi) is 4.72. The molecule has 0 spiro atoms. The third-order valence-electron chi connectivity index (χ3n) is 3.06. The maximum atomic E-state index is 2.35. The molecule has 0 heteroatoms. The van der Waals surface area contributed by atoms with Gasteiger partial charge in [-0.15, -0.1) is 0 Å². The van der Waals surface area contributed by atoms with E-state index in [2.05, 4.69) is 13.8 Å². The second-order valence-corrected chi connectivity index (χ2v) is 4.43. The SMILES string of the molecule is CC(C)[C]1CCCCCCCC1. The first kappa shape index (κ1) is 10.1. The summed E-state index contributed by atoms with van der Waals surface area (Å²) >= 11 is 0. The fourth-order valence-corrected chi connectivity index (χ4v) is 2.11. The predicted molar refractivity (Wildman–Crippen MR) is 55.0 cm³/mol. The molecule has 0 N–H and O–H groups in total. The van der Waals surface area contributed by atoms with E-state index in [-0.39, 0.29) is 0 Å². The van der Waals surface area contributed by atoms with Gasteiger partial charge in [0, 0.05) is 0 Å². The highest BCUT2D eigenvalue weighted by atomic mass is 14.2. The van der Waals surface area contributed by atoms with Gasteiger partial charge in [-0.05, 0) is 24.7 Å². The van der Waals surface area contributed by atoms with Crippen LogP contribution in [0.5, 0.6) is 0 Å². The smallest absolute Gasteiger partial charge is 0.0215 e. The Morgan fingerprint density at radius 2 is 1.17 bits per heavy atom. The van der Waals surface area contributed by atoms with Gasteiger partial charge in [0.1, 0.15) is 0 Å². The maximum absolute atomic E-state index is 2.35. The summed E-state index contributed by atoms with van der Waals surface area (Å²) in [7, 11) is 0. The Hall–Kier alpha value is 0. The van der Waals surface area contributed by atoms with Gasteiger partial charge in [0.2, 0.25) is 0 Å². The highest BCUT2D eigenvalue weighted by Crippen LogP contribution is 2.28. The minimum Gasteiger partial charge on any atom is -0.0622 e. The van der Waals surface area contributed by atoms with Gasteiger partial charge in [-0.3, -0.25) is 0 Å². The fraction of sp³-hybridized carbons (Fsp3) is 0.917. The number of hydrogen-bond donors (Lipinski definition) is 0. The molecule has 0 aromatic rings. The quantitative estimate of drug-likeness (QED) is 0.544. The largest absolute Gasteiger partial charge is 0.0622 e. The third kappa shape index (κ3) is 3.60. The van der Waals surface area contributed by atoms with Crippen molar-refractivity contribution in [3.8, 4) is 0 Å². The summed E-state index contributed by atoms with van der Waals surface area (Å²) in [6.45, 7) is 4.71. The lowest BCUT2D eigenvalue weighted by Crippen LogP contribution is -2.05. The van der Waals surface area contributed by atoms with Crippen molar-refractivity contribution in [1.82, 2.24) is 0 Å². The molecule has 0 aromatic carbocycles. The van der Waals surface area contributed by atoms with E-state index in [1.807, 2.05) is 5.92 Å². The van der Waals surface area contributed by atoms with Crippen LogP contribution in [0.15, 0.2) is 0 Å². The van der Waals surface area contributed by atoms with Crippen LogP contribution in [0.4, 0.5) is 0 Å². The van der Waals surface area contributed by atoms with Crippen molar-refractivity contribution < 1.29 is 0 Å². The van der Waals surface area contributed by atoms with Crippen LogP contribution >= 0.6 is 0 Å². The van der Waals surface area contributed by atoms with Crippen LogP contribution in [0.25, 0.3) is 0 Å². The van der Waals surface area contributed by atoms with Crippen LogP contribution in [-0.4, -0.2) is 0 Å². The molecule has 1 aliphatic rings. The summed E-state index contributed by atoms with van der Waals surface area (Å²) in [6.07, 6.45) is 11.6. The number of hydrogen-bond acceptors (Lipinski definition) is 0. The molecule has 1 fully saturated rings. The van der Waals surface area contributed by atoms with Crippen molar-refractivity contribution in [2.24, 2.45) is 5.92 Å². The first-order valence-electron chi connectivity index (χ1n) is 5.65. The number of rotatable bonds is 1. The zero-order chi connectivity index (χ0) is 8.81. The average Bonchev–Trinajstić information content (AvgIpc) is 2.15. The highest BCUT2D eigenvalue weighted by molar-refractivity contribution is 4.92. The summed E-state index contributed by atoms with van der Waals surface area (Å²) < 4.78 is 0. The van der Waals surface area contributed by atoms with Gasteiger partial charge in [0.15, 0.2) is 0 Å². The van der Waals surface area contributed by atoms with Crippen LogP contribution in [0, 0.1) is 11.8 Å².